The van der Waals surface area contributed by atoms with Crippen LogP contribution in [0.25, 0.3) is 0 Å². The van der Waals surface area contributed by atoms with E-state index in [1.807, 2.05) is 0 Å². The molecule has 0 amide bonds. The second-order valence-corrected chi connectivity index (χ2v) is 4.42. The van der Waals surface area contributed by atoms with Crippen molar-refractivity contribution in [2.24, 2.45) is 0 Å². The summed E-state index contributed by atoms with van der Waals surface area (Å²) in [7, 11) is 3.00. The quantitative estimate of drug-likeness (QED) is 0.465. The van der Waals surface area contributed by atoms with Crippen LogP contribution in [0.2, 0.25) is 0 Å². The van der Waals surface area contributed by atoms with Gasteiger partial charge in [-0.15, -0.1) is 0 Å². The average molecular weight is 284 g/mol. The Morgan fingerprint density at radius 2 is 1.52 bits per heavy atom. The van der Waals surface area contributed by atoms with E-state index in [-0.39, 0.29) is 5.78 Å². The number of Topliss-reactive ketones (excluding diaryl/α,β-unsaturated/α-hetero) is 1. The van der Waals surface area contributed by atoms with Crippen LogP contribution >= 0.6 is 0 Å². The molecule has 0 aliphatic heterocycles. The molecule has 0 saturated heterocycles. The fourth-order valence-corrected chi connectivity index (χ4v) is 2.22. The fraction of sp³-hybridized carbons (Fsp3) is 0.176. The summed E-state index contributed by atoms with van der Waals surface area (Å²) in [6.45, 7) is 0. The molecule has 0 spiro atoms. The first-order chi connectivity index (χ1) is 10.2. The molecular weight excluding hydrogens is 268 g/mol. The Balaban J connectivity index is 2.46. The van der Waals surface area contributed by atoms with Gasteiger partial charge in [-0.25, -0.2) is 0 Å². The van der Waals surface area contributed by atoms with E-state index >= 15 is 0 Å². The molecule has 0 bridgehead atoms. The number of rotatable bonds is 6. The molecule has 1 unspecified atom stereocenters. The second kappa shape index (κ2) is 6.70. The predicted octanol–water partition coefficient (Wildman–Crippen LogP) is 2.87. The number of ether oxygens (including phenoxy) is 2. The molecule has 4 nitrogen and oxygen atoms in total. The monoisotopic (exact) mass is 284 g/mol. The van der Waals surface area contributed by atoms with E-state index in [0.29, 0.717) is 28.9 Å². The molecule has 0 aromatic heterocycles. The van der Waals surface area contributed by atoms with Crippen molar-refractivity contribution < 1.29 is 19.1 Å². The number of carbonyl (C=O) groups is 2. The van der Waals surface area contributed by atoms with Crippen LogP contribution < -0.4 is 9.47 Å². The third-order valence-electron chi connectivity index (χ3n) is 3.26. The van der Waals surface area contributed by atoms with Gasteiger partial charge in [-0.3, -0.25) is 4.79 Å². The van der Waals surface area contributed by atoms with Crippen molar-refractivity contribution in [1.29, 1.82) is 0 Å². The normalized spacial score (nSPS) is 11.5. The summed E-state index contributed by atoms with van der Waals surface area (Å²) >= 11 is 0. The van der Waals surface area contributed by atoms with Gasteiger partial charge >= 0.3 is 0 Å². The van der Waals surface area contributed by atoms with E-state index in [4.69, 9.17) is 9.47 Å². The van der Waals surface area contributed by atoms with Gasteiger partial charge in [0.15, 0.2) is 5.78 Å². The first-order valence-corrected chi connectivity index (χ1v) is 6.48. The minimum Gasteiger partial charge on any atom is -0.496 e. The maximum absolute atomic E-state index is 12.7. The standard InChI is InChI=1S/C17H16O4/c1-20-15-9-5-3-7-12(15)14(11-18)17(19)13-8-4-6-10-16(13)21-2/h3-11,14H,1-2H3. The Labute approximate surface area is 123 Å². The van der Waals surface area contributed by atoms with Crippen LogP contribution in [0.1, 0.15) is 21.8 Å². The van der Waals surface area contributed by atoms with Crippen LogP contribution in [-0.4, -0.2) is 26.3 Å². The van der Waals surface area contributed by atoms with E-state index in [1.54, 1.807) is 48.5 Å². The molecule has 108 valence electrons. The Bertz CT molecular complexity index is 649. The number of para-hydroxylation sites is 2. The summed E-state index contributed by atoms with van der Waals surface area (Å²) in [6.07, 6.45) is 0.632. The van der Waals surface area contributed by atoms with Gasteiger partial charge in [0.05, 0.1) is 19.8 Å². The lowest BCUT2D eigenvalue weighted by molar-refractivity contribution is -0.108. The van der Waals surface area contributed by atoms with Crippen LogP contribution in [0, 0.1) is 0 Å². The fourth-order valence-electron chi connectivity index (χ4n) is 2.22. The summed E-state index contributed by atoms with van der Waals surface area (Å²) in [5, 5.41) is 0. The highest BCUT2D eigenvalue weighted by Gasteiger charge is 2.26. The number of ketones is 1. The molecule has 0 heterocycles. The molecule has 1 atom stereocenters. The highest BCUT2D eigenvalue weighted by molar-refractivity contribution is 6.11. The maximum Gasteiger partial charge on any atom is 0.181 e. The highest BCUT2D eigenvalue weighted by Crippen LogP contribution is 2.30. The van der Waals surface area contributed by atoms with Crippen molar-refractivity contribution in [3.63, 3.8) is 0 Å². The van der Waals surface area contributed by atoms with Gasteiger partial charge in [0.25, 0.3) is 0 Å². The Morgan fingerprint density at radius 1 is 0.952 bits per heavy atom. The Hall–Kier alpha value is -2.62. The van der Waals surface area contributed by atoms with Gasteiger partial charge in [0.1, 0.15) is 23.7 Å². The largest absolute Gasteiger partial charge is 0.496 e. The first-order valence-electron chi connectivity index (χ1n) is 6.48. The van der Waals surface area contributed by atoms with Crippen molar-refractivity contribution in [1.82, 2.24) is 0 Å². The SMILES string of the molecule is COc1ccccc1C(=O)C(C=O)c1ccccc1OC. The van der Waals surface area contributed by atoms with Crippen LogP contribution in [0.5, 0.6) is 11.5 Å². The minimum absolute atomic E-state index is 0.313. The second-order valence-electron chi connectivity index (χ2n) is 4.42. The molecule has 4 heteroatoms. The predicted molar refractivity (Wildman–Crippen MR) is 79.1 cm³/mol. The molecule has 0 N–H and O–H groups in total. The van der Waals surface area contributed by atoms with E-state index in [9.17, 15) is 9.59 Å². The van der Waals surface area contributed by atoms with E-state index < -0.39 is 5.92 Å². The number of aldehydes is 1. The zero-order valence-corrected chi connectivity index (χ0v) is 11.9. The van der Waals surface area contributed by atoms with E-state index in [1.165, 1.54) is 14.2 Å². The van der Waals surface area contributed by atoms with Crippen LogP contribution in [0.15, 0.2) is 48.5 Å². The summed E-state index contributed by atoms with van der Waals surface area (Å²) in [4.78, 5) is 24.1. The number of methoxy groups -OCH3 is 2. The van der Waals surface area contributed by atoms with Crippen molar-refractivity contribution in [2.75, 3.05) is 14.2 Å². The molecule has 0 aliphatic rings. The molecule has 0 saturated carbocycles. The highest BCUT2D eigenvalue weighted by atomic mass is 16.5. The number of carbonyl (C=O) groups excluding carboxylic acids is 2. The smallest absolute Gasteiger partial charge is 0.181 e. The lowest BCUT2D eigenvalue weighted by Gasteiger charge is -2.15. The van der Waals surface area contributed by atoms with Crippen LogP contribution in [-0.2, 0) is 4.79 Å². The zero-order valence-electron chi connectivity index (χ0n) is 11.9. The summed E-state index contributed by atoms with van der Waals surface area (Å²) in [6, 6.07) is 13.8. The van der Waals surface area contributed by atoms with Crippen LogP contribution in [0.4, 0.5) is 0 Å². The van der Waals surface area contributed by atoms with Crippen molar-refractivity contribution in [2.45, 2.75) is 5.92 Å². The number of hydrogen-bond donors (Lipinski definition) is 0. The molecule has 2 aromatic rings. The van der Waals surface area contributed by atoms with Gasteiger partial charge in [0.2, 0.25) is 0 Å². The van der Waals surface area contributed by atoms with Gasteiger partial charge < -0.3 is 14.3 Å². The third-order valence-corrected chi connectivity index (χ3v) is 3.26. The van der Waals surface area contributed by atoms with E-state index in [0.717, 1.165) is 0 Å². The summed E-state index contributed by atoms with van der Waals surface area (Å²) in [5.41, 5.74) is 0.925. The topological polar surface area (TPSA) is 52.6 Å². The molecule has 0 radical (unpaired) electrons. The van der Waals surface area contributed by atoms with Crippen molar-refractivity contribution in [3.8, 4) is 11.5 Å². The lowest BCUT2D eigenvalue weighted by atomic mass is 9.91. The Morgan fingerprint density at radius 3 is 2.14 bits per heavy atom. The van der Waals surface area contributed by atoms with Crippen LogP contribution in [0.3, 0.4) is 0 Å². The first kappa shape index (κ1) is 14.8. The van der Waals surface area contributed by atoms with Gasteiger partial charge in [-0.2, -0.15) is 0 Å². The van der Waals surface area contributed by atoms with Crippen molar-refractivity contribution >= 4 is 12.1 Å². The van der Waals surface area contributed by atoms with Crippen molar-refractivity contribution in [3.05, 3.63) is 59.7 Å². The number of hydrogen-bond acceptors (Lipinski definition) is 4. The van der Waals surface area contributed by atoms with Gasteiger partial charge in [-0.1, -0.05) is 30.3 Å². The third kappa shape index (κ3) is 2.94. The molecule has 21 heavy (non-hydrogen) atoms. The molecule has 2 aromatic carbocycles. The zero-order chi connectivity index (χ0) is 15.2. The lowest BCUT2D eigenvalue weighted by Crippen LogP contribution is -2.16. The molecule has 0 aliphatic carbocycles. The maximum atomic E-state index is 12.7. The summed E-state index contributed by atoms with van der Waals surface area (Å²) < 4.78 is 10.4. The van der Waals surface area contributed by atoms with Gasteiger partial charge in [-0.05, 0) is 18.2 Å². The molecular formula is C17H16O4. The molecule has 0 fully saturated rings. The molecule has 2 rings (SSSR count). The Kier molecular flexibility index (Phi) is 4.72. The average Bonchev–Trinajstić information content (AvgIpc) is 2.55. The minimum atomic E-state index is -0.919. The number of benzene rings is 2. The van der Waals surface area contributed by atoms with Gasteiger partial charge in [0, 0.05) is 5.56 Å². The summed E-state index contributed by atoms with van der Waals surface area (Å²) in [5.74, 6) is -0.272. The van der Waals surface area contributed by atoms with E-state index in [2.05, 4.69) is 0 Å².